The highest BCUT2D eigenvalue weighted by Gasteiger charge is 2.22. The van der Waals surface area contributed by atoms with Gasteiger partial charge in [-0.2, -0.15) is 5.10 Å². The lowest BCUT2D eigenvalue weighted by molar-refractivity contribution is 0.0998. The molecule has 0 bridgehead atoms. The molecule has 1 aromatic carbocycles. The first kappa shape index (κ1) is 16.7. The van der Waals surface area contributed by atoms with Gasteiger partial charge in [-0.25, -0.2) is 0 Å². The van der Waals surface area contributed by atoms with Gasteiger partial charge in [0, 0.05) is 5.69 Å². The Bertz CT molecular complexity index is 681. The summed E-state index contributed by atoms with van der Waals surface area (Å²) in [5.74, 6) is 0.302. The number of H-pyrrole nitrogens is 1. The smallest absolute Gasteiger partial charge is 0.252 e. The number of carbonyl (C=O) groups is 1. The second-order valence-corrected chi connectivity index (χ2v) is 7.08. The molecule has 1 aliphatic carbocycles. The second kappa shape index (κ2) is 7.65. The quantitative estimate of drug-likeness (QED) is 0.849. The fourth-order valence-electron chi connectivity index (χ4n) is 3.74. The van der Waals surface area contributed by atoms with Crippen molar-refractivity contribution in [3.63, 3.8) is 0 Å². The molecule has 0 saturated heterocycles. The van der Waals surface area contributed by atoms with E-state index < -0.39 is 0 Å². The zero-order chi connectivity index (χ0) is 16.9. The maximum atomic E-state index is 12.0. The summed E-state index contributed by atoms with van der Waals surface area (Å²) in [5, 5.41) is 7.51. The van der Waals surface area contributed by atoms with Crippen LogP contribution in [0.3, 0.4) is 0 Å². The average molecular weight is 325 g/mol. The van der Waals surface area contributed by atoms with Gasteiger partial charge in [0.25, 0.3) is 5.91 Å². The Labute approximate surface area is 143 Å². The molecule has 3 N–H and O–H groups in total. The third-order valence-electron chi connectivity index (χ3n) is 5.15. The zero-order valence-corrected chi connectivity index (χ0v) is 14.5. The fourth-order valence-corrected chi connectivity index (χ4v) is 3.74. The number of nitrogens with zero attached hydrogens (tertiary/aromatic N) is 1. The van der Waals surface area contributed by atoms with Crippen molar-refractivity contribution in [1.82, 2.24) is 10.2 Å². The summed E-state index contributed by atoms with van der Waals surface area (Å²) in [6.07, 6.45) is 8.93. The number of nitrogens with two attached hydrogens (primary N) is 1. The Hall–Kier alpha value is -2.10. The molecule has 1 amide bonds. The molecule has 1 aliphatic rings. The van der Waals surface area contributed by atoms with Crippen LogP contribution in [0.25, 0.3) is 0 Å². The van der Waals surface area contributed by atoms with Crippen molar-refractivity contribution in [2.24, 2.45) is 11.7 Å². The van der Waals surface area contributed by atoms with Crippen LogP contribution in [-0.2, 0) is 19.3 Å². The van der Waals surface area contributed by atoms with Crippen molar-refractivity contribution in [3.8, 4) is 0 Å². The van der Waals surface area contributed by atoms with Gasteiger partial charge in [-0.1, -0.05) is 61.9 Å². The molecule has 0 atom stereocenters. The number of amides is 1. The minimum atomic E-state index is -0.353. The molecule has 1 fully saturated rings. The molecule has 0 spiro atoms. The van der Waals surface area contributed by atoms with Gasteiger partial charge in [0.2, 0.25) is 0 Å². The summed E-state index contributed by atoms with van der Waals surface area (Å²) >= 11 is 0. The molecule has 3 rings (SSSR count). The lowest BCUT2D eigenvalue weighted by Crippen LogP contribution is -2.17. The lowest BCUT2D eigenvalue weighted by atomic mass is 9.85. The minimum absolute atomic E-state index is 0.353. The standard InChI is InChI=1S/C20H27N3O/c1-14-7-9-15(10-8-14)11-12-17-19(20(21)24)18(23-22-17)13-16-5-3-2-4-6-16/h7-10,16H,2-6,11-13H2,1H3,(H2,21,24)(H,22,23). The number of hydrogen-bond donors (Lipinski definition) is 2. The van der Waals surface area contributed by atoms with Crippen molar-refractivity contribution >= 4 is 5.91 Å². The molecule has 4 heteroatoms. The van der Waals surface area contributed by atoms with E-state index in [1.54, 1.807) is 0 Å². The predicted molar refractivity (Wildman–Crippen MR) is 96.0 cm³/mol. The molecule has 1 saturated carbocycles. The van der Waals surface area contributed by atoms with Gasteiger partial charge in [-0.3, -0.25) is 9.89 Å². The normalized spacial score (nSPS) is 15.5. The number of benzene rings is 1. The molecule has 2 aromatic rings. The van der Waals surface area contributed by atoms with E-state index >= 15 is 0 Å². The fraction of sp³-hybridized carbons (Fsp3) is 0.500. The molecule has 0 radical (unpaired) electrons. The number of hydrogen-bond acceptors (Lipinski definition) is 2. The van der Waals surface area contributed by atoms with Crippen LogP contribution < -0.4 is 5.73 Å². The molecule has 24 heavy (non-hydrogen) atoms. The summed E-state index contributed by atoms with van der Waals surface area (Å²) in [6.45, 7) is 2.08. The molecule has 0 unspecified atom stereocenters. The zero-order valence-electron chi connectivity index (χ0n) is 14.5. The Balaban J connectivity index is 1.70. The van der Waals surface area contributed by atoms with Gasteiger partial charge < -0.3 is 5.73 Å². The van der Waals surface area contributed by atoms with E-state index in [4.69, 9.17) is 5.73 Å². The third-order valence-corrected chi connectivity index (χ3v) is 5.15. The van der Waals surface area contributed by atoms with Gasteiger partial charge >= 0.3 is 0 Å². The largest absolute Gasteiger partial charge is 0.365 e. The summed E-state index contributed by atoms with van der Waals surface area (Å²) < 4.78 is 0. The molecular formula is C20H27N3O. The van der Waals surface area contributed by atoms with Crippen molar-refractivity contribution < 1.29 is 4.79 Å². The third kappa shape index (κ3) is 4.05. The van der Waals surface area contributed by atoms with Gasteiger partial charge in [-0.15, -0.1) is 0 Å². The van der Waals surface area contributed by atoms with Gasteiger partial charge in [0.15, 0.2) is 0 Å². The van der Waals surface area contributed by atoms with Crippen molar-refractivity contribution in [2.75, 3.05) is 0 Å². The maximum absolute atomic E-state index is 12.0. The van der Waals surface area contributed by atoms with Gasteiger partial charge in [0.1, 0.15) is 0 Å². The molecular weight excluding hydrogens is 298 g/mol. The van der Waals surface area contributed by atoms with Gasteiger partial charge in [-0.05, 0) is 37.7 Å². The van der Waals surface area contributed by atoms with Crippen LogP contribution in [-0.4, -0.2) is 16.1 Å². The summed E-state index contributed by atoms with van der Waals surface area (Å²) in [4.78, 5) is 12.0. The Morgan fingerprint density at radius 3 is 2.54 bits per heavy atom. The summed E-state index contributed by atoms with van der Waals surface area (Å²) in [6, 6.07) is 8.50. The SMILES string of the molecule is Cc1ccc(CCc2n[nH]c(CC3CCCCC3)c2C(N)=O)cc1. The van der Waals surface area contributed by atoms with E-state index in [9.17, 15) is 4.79 Å². The van der Waals surface area contributed by atoms with Crippen LogP contribution in [0.1, 0.15) is 65.0 Å². The first-order valence-electron chi connectivity index (χ1n) is 9.05. The Morgan fingerprint density at radius 1 is 1.17 bits per heavy atom. The second-order valence-electron chi connectivity index (χ2n) is 7.08. The number of aromatic nitrogens is 2. The van der Waals surface area contributed by atoms with E-state index in [1.165, 1.54) is 43.2 Å². The number of carbonyl (C=O) groups excluding carboxylic acids is 1. The Morgan fingerprint density at radius 2 is 1.88 bits per heavy atom. The minimum Gasteiger partial charge on any atom is -0.365 e. The van der Waals surface area contributed by atoms with Crippen LogP contribution in [0.4, 0.5) is 0 Å². The van der Waals surface area contributed by atoms with E-state index in [0.717, 1.165) is 30.7 Å². The van der Waals surface area contributed by atoms with E-state index in [-0.39, 0.29) is 5.91 Å². The molecule has 1 aromatic heterocycles. The van der Waals surface area contributed by atoms with E-state index in [2.05, 4.69) is 41.4 Å². The van der Waals surface area contributed by atoms with Crippen molar-refractivity contribution in [1.29, 1.82) is 0 Å². The maximum Gasteiger partial charge on any atom is 0.252 e. The average Bonchev–Trinajstić information content (AvgIpc) is 2.98. The molecule has 0 aliphatic heterocycles. The van der Waals surface area contributed by atoms with Crippen LogP contribution >= 0.6 is 0 Å². The summed E-state index contributed by atoms with van der Waals surface area (Å²) in [7, 11) is 0. The van der Waals surface area contributed by atoms with E-state index in [1.807, 2.05) is 0 Å². The highest BCUT2D eigenvalue weighted by molar-refractivity contribution is 5.95. The first-order chi connectivity index (χ1) is 11.6. The number of primary amides is 1. The van der Waals surface area contributed by atoms with Crippen LogP contribution in [0.5, 0.6) is 0 Å². The monoisotopic (exact) mass is 325 g/mol. The highest BCUT2D eigenvalue weighted by atomic mass is 16.1. The van der Waals surface area contributed by atoms with Crippen LogP contribution in [0.15, 0.2) is 24.3 Å². The molecule has 128 valence electrons. The molecule has 1 heterocycles. The first-order valence-corrected chi connectivity index (χ1v) is 9.05. The topological polar surface area (TPSA) is 71.8 Å². The van der Waals surface area contributed by atoms with Crippen molar-refractivity contribution in [3.05, 3.63) is 52.3 Å². The highest BCUT2D eigenvalue weighted by Crippen LogP contribution is 2.28. The molecule has 4 nitrogen and oxygen atoms in total. The summed E-state index contributed by atoms with van der Waals surface area (Å²) in [5.41, 5.74) is 10.6. The van der Waals surface area contributed by atoms with Crippen LogP contribution in [0.2, 0.25) is 0 Å². The van der Waals surface area contributed by atoms with Crippen LogP contribution in [0, 0.1) is 12.8 Å². The lowest BCUT2D eigenvalue weighted by Gasteiger charge is -2.21. The number of aromatic amines is 1. The number of nitrogens with one attached hydrogen (secondary N) is 1. The van der Waals surface area contributed by atoms with Crippen molar-refractivity contribution in [2.45, 2.75) is 58.3 Å². The Kier molecular flexibility index (Phi) is 5.34. The van der Waals surface area contributed by atoms with Gasteiger partial charge in [0.05, 0.1) is 11.3 Å². The number of aryl methyl sites for hydroxylation is 3. The number of rotatable bonds is 6. The predicted octanol–water partition coefficient (Wildman–Crippen LogP) is 3.73. The van der Waals surface area contributed by atoms with E-state index in [0.29, 0.717) is 11.5 Å².